The normalized spacial score (nSPS) is 15.9. The van der Waals surface area contributed by atoms with Crippen LogP contribution in [-0.4, -0.2) is 36.3 Å². The van der Waals surface area contributed by atoms with Gasteiger partial charge >= 0.3 is 0 Å². The van der Waals surface area contributed by atoms with Crippen LogP contribution in [0.25, 0.3) is 22.2 Å². The van der Waals surface area contributed by atoms with E-state index in [4.69, 9.17) is 9.72 Å². The van der Waals surface area contributed by atoms with E-state index in [9.17, 15) is 0 Å². The largest absolute Gasteiger partial charge is 0.378 e. The third-order valence-electron chi connectivity index (χ3n) is 3.64. The van der Waals surface area contributed by atoms with E-state index in [1.807, 2.05) is 12.3 Å². The predicted octanol–water partition coefficient (Wildman–Crippen LogP) is 3.13. The SMILES string of the molecule is c1ccc2c(-c3csc(N4CCOCC4)n3)c[nH]c2c1. The first-order valence-electron chi connectivity index (χ1n) is 6.76. The second-order valence-electron chi connectivity index (χ2n) is 4.86. The van der Waals surface area contributed by atoms with Gasteiger partial charge in [-0.25, -0.2) is 4.98 Å². The van der Waals surface area contributed by atoms with Gasteiger partial charge in [0.15, 0.2) is 5.13 Å². The standard InChI is InChI=1S/C15H15N3OS/c1-2-4-13-11(3-1)12(9-16-13)14-10-20-15(17-14)18-5-7-19-8-6-18/h1-4,9-10,16H,5-8H2. The summed E-state index contributed by atoms with van der Waals surface area (Å²) in [5.74, 6) is 0. The van der Waals surface area contributed by atoms with Gasteiger partial charge in [-0.15, -0.1) is 11.3 Å². The van der Waals surface area contributed by atoms with Crippen molar-refractivity contribution < 1.29 is 4.74 Å². The summed E-state index contributed by atoms with van der Waals surface area (Å²) in [5, 5.41) is 4.46. The molecule has 0 atom stereocenters. The van der Waals surface area contributed by atoms with E-state index in [0.717, 1.165) is 42.6 Å². The van der Waals surface area contributed by atoms with E-state index >= 15 is 0 Å². The smallest absolute Gasteiger partial charge is 0.186 e. The molecule has 1 aliphatic rings. The molecule has 0 radical (unpaired) electrons. The molecule has 5 heteroatoms. The minimum atomic E-state index is 0.794. The molecule has 0 unspecified atom stereocenters. The summed E-state index contributed by atoms with van der Waals surface area (Å²) in [7, 11) is 0. The summed E-state index contributed by atoms with van der Waals surface area (Å²) >= 11 is 1.71. The highest BCUT2D eigenvalue weighted by Crippen LogP contribution is 2.32. The number of benzene rings is 1. The van der Waals surface area contributed by atoms with Crippen LogP contribution in [0.1, 0.15) is 0 Å². The van der Waals surface area contributed by atoms with Crippen LogP contribution in [0.5, 0.6) is 0 Å². The fourth-order valence-electron chi connectivity index (χ4n) is 2.57. The van der Waals surface area contributed by atoms with Crippen LogP contribution in [0.2, 0.25) is 0 Å². The van der Waals surface area contributed by atoms with Gasteiger partial charge in [-0.1, -0.05) is 18.2 Å². The maximum absolute atomic E-state index is 5.39. The number of anilines is 1. The van der Waals surface area contributed by atoms with Crippen LogP contribution < -0.4 is 4.90 Å². The Bertz CT molecular complexity index is 727. The molecule has 1 N–H and O–H groups in total. The molecular weight excluding hydrogens is 270 g/mol. The Morgan fingerprint density at radius 1 is 1.20 bits per heavy atom. The minimum absolute atomic E-state index is 0.794. The van der Waals surface area contributed by atoms with Crippen molar-refractivity contribution in [2.45, 2.75) is 0 Å². The predicted molar refractivity (Wildman–Crippen MR) is 82.4 cm³/mol. The van der Waals surface area contributed by atoms with Gasteiger partial charge < -0.3 is 14.6 Å². The maximum atomic E-state index is 5.39. The molecule has 102 valence electrons. The van der Waals surface area contributed by atoms with Gasteiger partial charge in [0.1, 0.15) is 0 Å². The Balaban J connectivity index is 1.70. The van der Waals surface area contributed by atoms with Crippen LogP contribution in [0.4, 0.5) is 5.13 Å². The van der Waals surface area contributed by atoms with Crippen molar-refractivity contribution in [3.63, 3.8) is 0 Å². The van der Waals surface area contributed by atoms with Crippen molar-refractivity contribution in [1.82, 2.24) is 9.97 Å². The minimum Gasteiger partial charge on any atom is -0.378 e. The summed E-state index contributed by atoms with van der Waals surface area (Å²) < 4.78 is 5.39. The zero-order chi connectivity index (χ0) is 13.4. The van der Waals surface area contributed by atoms with Crippen molar-refractivity contribution in [2.75, 3.05) is 31.2 Å². The van der Waals surface area contributed by atoms with Crippen LogP contribution in [0.15, 0.2) is 35.8 Å². The van der Waals surface area contributed by atoms with Crippen molar-refractivity contribution >= 4 is 27.4 Å². The zero-order valence-electron chi connectivity index (χ0n) is 11.0. The van der Waals surface area contributed by atoms with E-state index < -0.39 is 0 Å². The highest BCUT2D eigenvalue weighted by atomic mass is 32.1. The average molecular weight is 285 g/mol. The van der Waals surface area contributed by atoms with Gasteiger partial charge in [-0.3, -0.25) is 0 Å². The molecule has 3 heterocycles. The van der Waals surface area contributed by atoms with E-state index in [1.54, 1.807) is 11.3 Å². The molecule has 0 bridgehead atoms. The number of aromatic nitrogens is 2. The molecule has 0 amide bonds. The quantitative estimate of drug-likeness (QED) is 0.786. The number of nitrogens with one attached hydrogen (secondary N) is 1. The molecule has 3 aromatic rings. The first-order chi connectivity index (χ1) is 9.92. The maximum Gasteiger partial charge on any atom is 0.186 e. The Morgan fingerprint density at radius 3 is 2.95 bits per heavy atom. The number of thiazole rings is 1. The van der Waals surface area contributed by atoms with Crippen molar-refractivity contribution in [2.24, 2.45) is 0 Å². The molecule has 1 aliphatic heterocycles. The van der Waals surface area contributed by atoms with Crippen LogP contribution in [-0.2, 0) is 4.74 Å². The van der Waals surface area contributed by atoms with Crippen molar-refractivity contribution in [3.05, 3.63) is 35.8 Å². The molecule has 1 fully saturated rings. The Morgan fingerprint density at radius 2 is 2.05 bits per heavy atom. The summed E-state index contributed by atoms with van der Waals surface area (Å²) in [6.07, 6.45) is 2.04. The second kappa shape index (κ2) is 4.92. The van der Waals surface area contributed by atoms with Crippen LogP contribution in [0.3, 0.4) is 0 Å². The highest BCUT2D eigenvalue weighted by Gasteiger charge is 2.16. The number of H-pyrrole nitrogens is 1. The van der Waals surface area contributed by atoms with Crippen LogP contribution >= 0.6 is 11.3 Å². The summed E-state index contributed by atoms with van der Waals surface area (Å²) in [5.41, 5.74) is 3.38. The van der Waals surface area contributed by atoms with Crippen LogP contribution in [0, 0.1) is 0 Å². The molecule has 0 spiro atoms. The fourth-order valence-corrected chi connectivity index (χ4v) is 3.45. The Kier molecular flexibility index (Phi) is 2.94. The number of ether oxygens (including phenoxy) is 1. The topological polar surface area (TPSA) is 41.1 Å². The summed E-state index contributed by atoms with van der Waals surface area (Å²) in [4.78, 5) is 10.4. The lowest BCUT2D eigenvalue weighted by molar-refractivity contribution is 0.122. The number of fused-ring (bicyclic) bond motifs is 1. The molecule has 1 saturated heterocycles. The highest BCUT2D eigenvalue weighted by molar-refractivity contribution is 7.14. The molecule has 4 rings (SSSR count). The number of para-hydroxylation sites is 1. The fraction of sp³-hybridized carbons (Fsp3) is 0.267. The second-order valence-corrected chi connectivity index (χ2v) is 5.70. The summed E-state index contributed by atoms with van der Waals surface area (Å²) in [6.45, 7) is 3.45. The van der Waals surface area contributed by atoms with Gasteiger partial charge in [0, 0.05) is 41.1 Å². The van der Waals surface area contributed by atoms with E-state index in [-0.39, 0.29) is 0 Å². The Hall–Kier alpha value is -1.85. The van der Waals surface area contributed by atoms with Crippen molar-refractivity contribution in [1.29, 1.82) is 0 Å². The number of hydrogen-bond donors (Lipinski definition) is 1. The average Bonchev–Trinajstić information content (AvgIpc) is 3.14. The summed E-state index contributed by atoms with van der Waals surface area (Å²) in [6, 6.07) is 8.33. The van der Waals surface area contributed by atoms with Gasteiger partial charge in [0.05, 0.1) is 18.9 Å². The number of morpholine rings is 1. The number of nitrogens with zero attached hydrogens (tertiary/aromatic N) is 2. The Labute approximate surface area is 121 Å². The molecule has 0 saturated carbocycles. The third-order valence-corrected chi connectivity index (χ3v) is 4.54. The zero-order valence-corrected chi connectivity index (χ0v) is 11.8. The van der Waals surface area contributed by atoms with Gasteiger partial charge in [0.25, 0.3) is 0 Å². The lowest BCUT2D eigenvalue weighted by Crippen LogP contribution is -2.36. The van der Waals surface area contributed by atoms with E-state index in [0.29, 0.717) is 0 Å². The van der Waals surface area contributed by atoms with Crippen molar-refractivity contribution in [3.8, 4) is 11.3 Å². The third kappa shape index (κ3) is 1.99. The monoisotopic (exact) mass is 285 g/mol. The number of rotatable bonds is 2. The van der Waals surface area contributed by atoms with Gasteiger partial charge in [-0.05, 0) is 6.07 Å². The van der Waals surface area contributed by atoms with Gasteiger partial charge in [-0.2, -0.15) is 0 Å². The molecule has 4 nitrogen and oxygen atoms in total. The number of aromatic amines is 1. The molecule has 2 aromatic heterocycles. The number of hydrogen-bond acceptors (Lipinski definition) is 4. The van der Waals surface area contributed by atoms with E-state index in [2.05, 4.69) is 33.5 Å². The van der Waals surface area contributed by atoms with Gasteiger partial charge in [0.2, 0.25) is 0 Å². The lowest BCUT2D eigenvalue weighted by Gasteiger charge is -2.25. The van der Waals surface area contributed by atoms with E-state index in [1.165, 1.54) is 10.9 Å². The molecule has 1 aromatic carbocycles. The molecule has 0 aliphatic carbocycles. The molecular formula is C15H15N3OS. The molecule has 20 heavy (non-hydrogen) atoms. The first-order valence-corrected chi connectivity index (χ1v) is 7.64. The lowest BCUT2D eigenvalue weighted by atomic mass is 10.1. The first kappa shape index (κ1) is 11.9.